The Bertz CT molecular complexity index is 546. The van der Waals surface area contributed by atoms with E-state index in [2.05, 4.69) is 63.5 Å². The lowest BCUT2D eigenvalue weighted by molar-refractivity contribution is 0.799. The molecule has 3 rings (SSSR count). The lowest BCUT2D eigenvalue weighted by Gasteiger charge is -2.26. The van der Waals surface area contributed by atoms with Crippen LogP contribution in [0.25, 0.3) is 0 Å². The van der Waals surface area contributed by atoms with E-state index in [1.807, 2.05) is 11.3 Å². The van der Waals surface area contributed by atoms with E-state index in [-0.39, 0.29) is 0 Å². The molecule has 1 nitrogen and oxygen atoms in total. The van der Waals surface area contributed by atoms with Gasteiger partial charge in [0.25, 0.3) is 0 Å². The minimum absolute atomic E-state index is 0.739. The maximum absolute atomic E-state index is 3.63. The number of anilines is 1. The van der Waals surface area contributed by atoms with Gasteiger partial charge in [0, 0.05) is 21.9 Å². The monoisotopic (exact) mass is 335 g/mol. The third-order valence-electron chi connectivity index (χ3n) is 3.58. The Kier molecular flexibility index (Phi) is 3.94. The van der Waals surface area contributed by atoms with E-state index in [1.54, 1.807) is 0 Å². The third kappa shape index (κ3) is 3.03. The highest BCUT2D eigenvalue weighted by molar-refractivity contribution is 9.08. The van der Waals surface area contributed by atoms with Crippen molar-refractivity contribution in [1.29, 1.82) is 0 Å². The zero-order valence-corrected chi connectivity index (χ0v) is 13.5. The van der Waals surface area contributed by atoms with E-state index in [0.717, 1.165) is 17.9 Å². The lowest BCUT2D eigenvalue weighted by atomic mass is 10.1. The molecule has 0 N–H and O–H groups in total. The molecule has 0 atom stereocenters. The Morgan fingerprint density at radius 1 is 1.32 bits per heavy atom. The van der Waals surface area contributed by atoms with Crippen LogP contribution in [0.5, 0.6) is 0 Å². The Morgan fingerprint density at radius 2 is 2.16 bits per heavy atom. The molecule has 0 aliphatic heterocycles. The van der Waals surface area contributed by atoms with E-state index >= 15 is 0 Å². The first-order chi connectivity index (χ1) is 9.28. The fourth-order valence-corrected chi connectivity index (χ4v) is 3.62. The molecule has 1 fully saturated rings. The van der Waals surface area contributed by atoms with Gasteiger partial charge in [0.2, 0.25) is 0 Å². The highest BCUT2D eigenvalue weighted by Gasteiger charge is 2.30. The van der Waals surface area contributed by atoms with Crippen molar-refractivity contribution in [3.05, 3.63) is 51.7 Å². The zero-order valence-electron chi connectivity index (χ0n) is 11.1. The highest BCUT2D eigenvalue weighted by Crippen LogP contribution is 2.36. The molecule has 2 aromatic rings. The van der Waals surface area contributed by atoms with Gasteiger partial charge in [-0.05, 0) is 42.8 Å². The predicted octanol–water partition coefficient (Wildman–Crippen LogP) is 5.12. The second kappa shape index (κ2) is 5.68. The number of aryl methyl sites for hydroxylation is 1. The van der Waals surface area contributed by atoms with Gasteiger partial charge < -0.3 is 4.90 Å². The summed E-state index contributed by atoms with van der Waals surface area (Å²) < 4.78 is 0. The minimum atomic E-state index is 0.739. The summed E-state index contributed by atoms with van der Waals surface area (Å²) in [6.07, 6.45) is 2.67. The molecular formula is C16H18BrNS. The molecule has 3 heteroatoms. The van der Waals surface area contributed by atoms with Crippen LogP contribution in [0.2, 0.25) is 0 Å². The highest BCUT2D eigenvalue weighted by atomic mass is 79.9. The molecule has 100 valence electrons. The first-order valence-electron chi connectivity index (χ1n) is 6.72. The average Bonchev–Trinajstić information content (AvgIpc) is 3.13. The molecule has 19 heavy (non-hydrogen) atoms. The largest absolute Gasteiger partial charge is 0.363 e. The Hall–Kier alpha value is -0.800. The van der Waals surface area contributed by atoms with Crippen molar-refractivity contribution in [1.82, 2.24) is 0 Å². The van der Waals surface area contributed by atoms with E-state index in [1.165, 1.54) is 34.5 Å². The van der Waals surface area contributed by atoms with E-state index in [0.29, 0.717) is 0 Å². The first kappa shape index (κ1) is 13.2. The van der Waals surface area contributed by atoms with Crippen LogP contribution in [0, 0.1) is 6.92 Å². The number of hydrogen-bond acceptors (Lipinski definition) is 2. The normalized spacial score (nSPS) is 14.6. The topological polar surface area (TPSA) is 3.24 Å². The second-order valence-corrected chi connectivity index (χ2v) is 6.80. The molecule has 1 heterocycles. The van der Waals surface area contributed by atoms with Gasteiger partial charge >= 0.3 is 0 Å². The Balaban J connectivity index is 1.91. The number of nitrogens with zero attached hydrogens (tertiary/aromatic N) is 1. The van der Waals surface area contributed by atoms with Crippen molar-refractivity contribution < 1.29 is 0 Å². The quantitative estimate of drug-likeness (QED) is 0.685. The molecule has 0 bridgehead atoms. The molecule has 1 aromatic heterocycles. The number of benzene rings is 1. The van der Waals surface area contributed by atoms with Crippen LogP contribution >= 0.6 is 27.3 Å². The van der Waals surface area contributed by atoms with Gasteiger partial charge in [-0.15, -0.1) is 11.3 Å². The number of rotatable bonds is 5. The summed E-state index contributed by atoms with van der Waals surface area (Å²) in [7, 11) is 0. The summed E-state index contributed by atoms with van der Waals surface area (Å²) in [5, 5.41) is 3.10. The molecule has 0 unspecified atom stereocenters. The van der Waals surface area contributed by atoms with Crippen molar-refractivity contribution in [3.63, 3.8) is 0 Å². The van der Waals surface area contributed by atoms with Gasteiger partial charge in [-0.3, -0.25) is 0 Å². The van der Waals surface area contributed by atoms with Crippen LogP contribution in [0.3, 0.4) is 0 Å². The number of thiophene rings is 1. The Labute approximate surface area is 127 Å². The van der Waals surface area contributed by atoms with Crippen LogP contribution in [0.1, 0.15) is 28.8 Å². The van der Waals surface area contributed by atoms with Gasteiger partial charge in [-0.25, -0.2) is 0 Å². The average molecular weight is 336 g/mol. The van der Waals surface area contributed by atoms with E-state index in [9.17, 15) is 0 Å². The van der Waals surface area contributed by atoms with Crippen LogP contribution < -0.4 is 4.90 Å². The van der Waals surface area contributed by atoms with Gasteiger partial charge in [-0.1, -0.05) is 39.7 Å². The zero-order chi connectivity index (χ0) is 13.2. The molecule has 0 spiro atoms. The molecule has 0 radical (unpaired) electrons. The molecule has 1 aromatic carbocycles. The predicted molar refractivity (Wildman–Crippen MR) is 87.3 cm³/mol. The van der Waals surface area contributed by atoms with Crippen LogP contribution in [0.4, 0.5) is 5.69 Å². The fraction of sp³-hybridized carbons (Fsp3) is 0.375. The van der Waals surface area contributed by atoms with E-state index < -0.39 is 0 Å². The summed E-state index contributed by atoms with van der Waals surface area (Å²) in [5.41, 5.74) is 4.15. The van der Waals surface area contributed by atoms with Gasteiger partial charge in [0.1, 0.15) is 0 Å². The molecule has 0 saturated heterocycles. The van der Waals surface area contributed by atoms with Crippen LogP contribution in [-0.2, 0) is 11.9 Å². The summed E-state index contributed by atoms with van der Waals surface area (Å²) in [4.78, 5) is 4.04. The van der Waals surface area contributed by atoms with E-state index in [4.69, 9.17) is 0 Å². The van der Waals surface area contributed by atoms with Crippen molar-refractivity contribution in [2.24, 2.45) is 0 Å². The summed E-state index contributed by atoms with van der Waals surface area (Å²) in [5.74, 6) is 0. The number of hydrogen-bond donors (Lipinski definition) is 0. The molecular weight excluding hydrogens is 318 g/mol. The molecule has 0 amide bonds. The minimum Gasteiger partial charge on any atom is -0.363 e. The number of halogens is 1. The van der Waals surface area contributed by atoms with Crippen molar-refractivity contribution in [3.8, 4) is 0 Å². The van der Waals surface area contributed by atoms with Crippen LogP contribution in [0.15, 0.2) is 35.7 Å². The lowest BCUT2D eigenvalue weighted by Crippen LogP contribution is -2.25. The van der Waals surface area contributed by atoms with Gasteiger partial charge in [-0.2, -0.15) is 0 Å². The first-order valence-corrected chi connectivity index (χ1v) is 8.72. The third-order valence-corrected chi connectivity index (χ3v) is 5.05. The van der Waals surface area contributed by atoms with Gasteiger partial charge in [0.15, 0.2) is 0 Å². The van der Waals surface area contributed by atoms with Crippen molar-refractivity contribution in [2.75, 3.05) is 4.90 Å². The smallest absolute Gasteiger partial charge is 0.0526 e. The maximum atomic E-state index is 3.63. The summed E-state index contributed by atoms with van der Waals surface area (Å²) in [6, 6.07) is 11.9. The van der Waals surface area contributed by atoms with Crippen molar-refractivity contribution in [2.45, 2.75) is 37.7 Å². The summed E-state index contributed by atoms with van der Waals surface area (Å²) >= 11 is 5.49. The molecule has 1 aliphatic rings. The number of alkyl halides is 1. The molecule has 1 saturated carbocycles. The Morgan fingerprint density at radius 3 is 2.79 bits per heavy atom. The second-order valence-electron chi connectivity index (χ2n) is 5.20. The summed E-state index contributed by atoms with van der Waals surface area (Å²) in [6.45, 7) is 3.21. The molecule has 1 aliphatic carbocycles. The van der Waals surface area contributed by atoms with Crippen molar-refractivity contribution >= 4 is 33.0 Å². The maximum Gasteiger partial charge on any atom is 0.0526 e. The van der Waals surface area contributed by atoms with Gasteiger partial charge in [0.05, 0.1) is 6.54 Å². The SMILES string of the molecule is Cc1ccc(N(Cc2cccs2)C2CC2)c(CBr)c1. The standard InChI is InChI=1S/C16H18BrNS/c1-12-4-7-16(13(9-12)10-17)18(14-5-6-14)11-15-3-2-8-19-15/h2-4,7-9,14H,5-6,10-11H2,1H3. The van der Waals surface area contributed by atoms with Crippen LogP contribution in [-0.4, -0.2) is 6.04 Å². The fourth-order valence-electron chi connectivity index (χ4n) is 2.47.